The van der Waals surface area contributed by atoms with E-state index < -0.39 is 16.6 Å². The summed E-state index contributed by atoms with van der Waals surface area (Å²) in [4.78, 5) is 0. The van der Waals surface area contributed by atoms with Crippen LogP contribution >= 0.6 is 0 Å². The van der Waals surface area contributed by atoms with E-state index in [1.807, 2.05) is 6.26 Å². The van der Waals surface area contributed by atoms with Gasteiger partial charge in [0.15, 0.2) is 8.32 Å². The number of rotatable bonds is 6. The Morgan fingerprint density at radius 3 is 2.04 bits per heavy atom. The Bertz CT molecular complexity index is 590. The van der Waals surface area contributed by atoms with Crippen molar-refractivity contribution in [2.75, 3.05) is 0 Å². The van der Waals surface area contributed by atoms with E-state index in [9.17, 15) is 0 Å². The SMILES string of the molecule is CC(C)(C)[Si](C)(C)O/C=C\[C@H]1C[C@@]1(O[Si](C)(C)C(C)(C)C)C1=CCCCC1. The molecule has 2 rings (SSSR count). The molecule has 0 N–H and O–H groups in total. The van der Waals surface area contributed by atoms with Gasteiger partial charge in [0.2, 0.25) is 8.32 Å². The summed E-state index contributed by atoms with van der Waals surface area (Å²) in [5.41, 5.74) is 1.53. The van der Waals surface area contributed by atoms with Crippen LogP contribution in [-0.2, 0) is 8.85 Å². The van der Waals surface area contributed by atoms with Gasteiger partial charge in [0.25, 0.3) is 0 Å². The van der Waals surface area contributed by atoms with Gasteiger partial charge in [-0.15, -0.1) is 0 Å². The zero-order valence-electron chi connectivity index (χ0n) is 19.7. The zero-order valence-corrected chi connectivity index (χ0v) is 21.7. The Morgan fingerprint density at radius 1 is 0.963 bits per heavy atom. The van der Waals surface area contributed by atoms with Crippen LogP contribution in [0.25, 0.3) is 0 Å². The van der Waals surface area contributed by atoms with Crippen molar-refractivity contribution >= 4 is 16.6 Å². The molecule has 0 amide bonds. The topological polar surface area (TPSA) is 18.5 Å². The highest BCUT2D eigenvalue weighted by atomic mass is 28.4. The van der Waals surface area contributed by atoms with E-state index in [1.54, 1.807) is 5.57 Å². The third kappa shape index (κ3) is 4.99. The summed E-state index contributed by atoms with van der Waals surface area (Å²) < 4.78 is 13.4. The first-order valence-corrected chi connectivity index (χ1v) is 16.7. The smallest absolute Gasteiger partial charge is 0.249 e. The largest absolute Gasteiger partial charge is 0.549 e. The molecule has 0 bridgehead atoms. The summed E-state index contributed by atoms with van der Waals surface area (Å²) in [5.74, 6) is 0.473. The van der Waals surface area contributed by atoms with Gasteiger partial charge in [-0.05, 0) is 80.0 Å². The summed E-state index contributed by atoms with van der Waals surface area (Å²) >= 11 is 0. The second-order valence-electron chi connectivity index (χ2n) is 11.7. The molecular formula is C23H44O2Si2. The molecule has 0 saturated heterocycles. The van der Waals surface area contributed by atoms with Gasteiger partial charge in [-0.1, -0.05) is 47.6 Å². The Hall–Kier alpha value is -0.326. The van der Waals surface area contributed by atoms with Gasteiger partial charge in [0.1, 0.15) is 0 Å². The van der Waals surface area contributed by atoms with Gasteiger partial charge < -0.3 is 8.85 Å². The fourth-order valence-corrected chi connectivity index (χ4v) is 5.71. The molecule has 156 valence electrons. The number of hydrogen-bond acceptors (Lipinski definition) is 2. The second-order valence-corrected chi connectivity index (χ2v) is 21.2. The number of hydrogen-bond donors (Lipinski definition) is 0. The van der Waals surface area contributed by atoms with E-state index in [-0.39, 0.29) is 15.7 Å². The lowest BCUT2D eigenvalue weighted by molar-refractivity contribution is 0.176. The fraction of sp³-hybridized carbons (Fsp3) is 0.826. The standard InChI is InChI=1S/C23H44O2Si2/c1-21(2,3)26(7,8)24-17-16-20-18-23(20,19-14-12-11-13-15-19)25-27(9,10)22(4,5)6/h14,16-17,20H,11-13,15,18H2,1-10H3/b17-16-/t20-,23+/m0/s1. The molecule has 0 radical (unpaired) electrons. The third-order valence-electron chi connectivity index (χ3n) is 7.52. The average Bonchev–Trinajstić information content (AvgIpc) is 3.19. The molecule has 2 aliphatic rings. The van der Waals surface area contributed by atoms with E-state index in [0.29, 0.717) is 5.92 Å². The minimum Gasteiger partial charge on any atom is -0.549 e. The molecule has 0 aliphatic heterocycles. The molecule has 2 nitrogen and oxygen atoms in total. The molecule has 2 atom stereocenters. The molecule has 0 spiro atoms. The molecule has 1 saturated carbocycles. The molecule has 0 aromatic heterocycles. The van der Waals surface area contributed by atoms with E-state index >= 15 is 0 Å². The quantitative estimate of drug-likeness (QED) is 0.253. The van der Waals surface area contributed by atoms with Crippen molar-refractivity contribution in [3.05, 3.63) is 24.0 Å². The number of allylic oxidation sites excluding steroid dienone is 1. The van der Waals surface area contributed by atoms with E-state index in [0.717, 1.165) is 6.42 Å². The van der Waals surface area contributed by atoms with Crippen molar-refractivity contribution < 1.29 is 8.85 Å². The first-order chi connectivity index (χ1) is 12.1. The van der Waals surface area contributed by atoms with E-state index in [1.165, 1.54) is 25.7 Å². The lowest BCUT2D eigenvalue weighted by Crippen LogP contribution is -2.46. The lowest BCUT2D eigenvalue weighted by atomic mass is 9.93. The maximum atomic E-state index is 7.08. The Labute approximate surface area is 171 Å². The molecule has 27 heavy (non-hydrogen) atoms. The monoisotopic (exact) mass is 408 g/mol. The van der Waals surface area contributed by atoms with Gasteiger partial charge in [0, 0.05) is 5.92 Å². The molecule has 0 aromatic carbocycles. The van der Waals surface area contributed by atoms with Crippen LogP contribution < -0.4 is 0 Å². The van der Waals surface area contributed by atoms with Crippen LogP contribution in [-0.4, -0.2) is 22.2 Å². The maximum Gasteiger partial charge on any atom is 0.249 e. The Morgan fingerprint density at radius 2 is 1.56 bits per heavy atom. The lowest BCUT2D eigenvalue weighted by Gasteiger charge is -2.41. The molecule has 0 aromatic rings. The minimum absolute atomic E-state index is 0.0449. The molecule has 1 fully saturated rings. The highest BCUT2D eigenvalue weighted by molar-refractivity contribution is 6.74. The van der Waals surface area contributed by atoms with Crippen LogP contribution in [0.15, 0.2) is 24.0 Å². The molecular weight excluding hydrogens is 364 g/mol. The molecule has 4 heteroatoms. The van der Waals surface area contributed by atoms with Crippen LogP contribution in [0.1, 0.15) is 73.6 Å². The van der Waals surface area contributed by atoms with Crippen molar-refractivity contribution in [2.45, 2.75) is 116 Å². The van der Waals surface area contributed by atoms with Crippen LogP contribution in [0.5, 0.6) is 0 Å². The Kier molecular flexibility index (Phi) is 6.37. The highest BCUT2D eigenvalue weighted by Gasteiger charge is 2.60. The van der Waals surface area contributed by atoms with E-state index in [4.69, 9.17) is 8.85 Å². The third-order valence-corrected chi connectivity index (χ3v) is 16.3. The maximum absolute atomic E-state index is 7.08. The molecule has 0 heterocycles. The first kappa shape index (κ1) is 23.0. The Balaban J connectivity index is 2.18. The van der Waals surface area contributed by atoms with Crippen LogP contribution in [0.3, 0.4) is 0 Å². The van der Waals surface area contributed by atoms with Crippen molar-refractivity contribution in [1.29, 1.82) is 0 Å². The van der Waals surface area contributed by atoms with Gasteiger partial charge in [-0.25, -0.2) is 0 Å². The highest BCUT2D eigenvalue weighted by Crippen LogP contribution is 2.58. The summed E-state index contributed by atoms with van der Waals surface area (Å²) in [6.07, 6.45) is 13.0. The molecule has 0 unspecified atom stereocenters. The van der Waals surface area contributed by atoms with Crippen LogP contribution in [0, 0.1) is 5.92 Å². The van der Waals surface area contributed by atoms with Gasteiger partial charge >= 0.3 is 0 Å². The summed E-state index contributed by atoms with van der Waals surface area (Å²) in [7, 11) is -3.56. The van der Waals surface area contributed by atoms with E-state index in [2.05, 4.69) is 79.9 Å². The van der Waals surface area contributed by atoms with Gasteiger partial charge in [-0.2, -0.15) is 0 Å². The summed E-state index contributed by atoms with van der Waals surface area (Å²) in [5, 5.41) is 0.477. The average molecular weight is 409 g/mol. The second kappa shape index (κ2) is 7.49. The van der Waals surface area contributed by atoms with Crippen molar-refractivity contribution in [3.63, 3.8) is 0 Å². The van der Waals surface area contributed by atoms with Crippen molar-refractivity contribution in [2.24, 2.45) is 5.92 Å². The minimum atomic E-state index is -1.82. The van der Waals surface area contributed by atoms with Crippen molar-refractivity contribution in [3.8, 4) is 0 Å². The summed E-state index contributed by atoms with van der Waals surface area (Å²) in [6.45, 7) is 23.3. The summed E-state index contributed by atoms with van der Waals surface area (Å²) in [6, 6.07) is 0. The predicted molar refractivity (Wildman–Crippen MR) is 123 cm³/mol. The molecule has 2 aliphatic carbocycles. The predicted octanol–water partition coefficient (Wildman–Crippen LogP) is 7.80. The zero-order chi connectivity index (χ0) is 20.7. The van der Waals surface area contributed by atoms with Crippen molar-refractivity contribution in [1.82, 2.24) is 0 Å². The van der Waals surface area contributed by atoms with Gasteiger partial charge in [0.05, 0.1) is 11.9 Å². The fourth-order valence-electron chi connectivity index (χ4n) is 3.36. The normalized spacial score (nSPS) is 27.6. The van der Waals surface area contributed by atoms with Crippen LogP contribution in [0.2, 0.25) is 36.3 Å². The van der Waals surface area contributed by atoms with Gasteiger partial charge in [-0.3, -0.25) is 0 Å². The first-order valence-electron chi connectivity index (χ1n) is 10.9. The van der Waals surface area contributed by atoms with Crippen LogP contribution in [0.4, 0.5) is 0 Å².